The molecule has 9 nitrogen and oxygen atoms in total. The highest BCUT2D eigenvalue weighted by atomic mass is 16.8. The maximum Gasteiger partial charge on any atom is 0.235 e. The number of aliphatic hydroxyl groups is 1. The normalized spacial score (nSPS) is 12.1. The van der Waals surface area contributed by atoms with E-state index in [1.165, 1.54) is 0 Å². The standard InChI is InChI=1S/C5H11N3O6/c9-4-5(7(11)12)2-1-3-6(10)8(13)14/h5,9-10H,1-4H2. The largest absolute Gasteiger partial charge is 0.389 e. The first-order valence-electron chi connectivity index (χ1n) is 3.84. The first-order valence-corrected chi connectivity index (χ1v) is 3.84. The van der Waals surface area contributed by atoms with E-state index in [1.807, 2.05) is 0 Å². The molecule has 0 spiro atoms. The Hall–Kier alpha value is -1.48. The molecule has 14 heavy (non-hydrogen) atoms. The molecule has 1 atom stereocenters. The van der Waals surface area contributed by atoms with Crippen molar-refractivity contribution in [1.82, 2.24) is 5.17 Å². The number of nitrogens with zero attached hydrogens (tertiary/aromatic N) is 3. The summed E-state index contributed by atoms with van der Waals surface area (Å²) in [7, 11) is 0. The molecule has 0 amide bonds. The third kappa shape index (κ3) is 4.52. The summed E-state index contributed by atoms with van der Waals surface area (Å²) >= 11 is 0. The van der Waals surface area contributed by atoms with Crippen molar-refractivity contribution < 1.29 is 20.3 Å². The third-order valence-electron chi connectivity index (χ3n) is 1.59. The van der Waals surface area contributed by atoms with Crippen LogP contribution in [0.5, 0.6) is 0 Å². The van der Waals surface area contributed by atoms with E-state index in [1.54, 1.807) is 0 Å². The third-order valence-corrected chi connectivity index (χ3v) is 1.59. The Balaban J connectivity index is 3.71. The molecule has 0 radical (unpaired) electrons. The van der Waals surface area contributed by atoms with E-state index in [0.29, 0.717) is 0 Å². The lowest BCUT2D eigenvalue weighted by Gasteiger charge is -2.07. The van der Waals surface area contributed by atoms with E-state index in [4.69, 9.17) is 10.3 Å². The molecule has 0 aromatic rings. The van der Waals surface area contributed by atoms with Crippen molar-refractivity contribution >= 4 is 0 Å². The van der Waals surface area contributed by atoms with Gasteiger partial charge in [0.25, 0.3) is 0 Å². The maximum atomic E-state index is 10.2. The van der Waals surface area contributed by atoms with Crippen LogP contribution in [-0.4, -0.2) is 44.6 Å². The van der Waals surface area contributed by atoms with E-state index in [2.05, 4.69) is 0 Å². The second kappa shape index (κ2) is 6.05. The first-order chi connectivity index (χ1) is 6.49. The van der Waals surface area contributed by atoms with E-state index in [9.17, 15) is 20.2 Å². The molecule has 0 aliphatic carbocycles. The minimum Gasteiger partial charge on any atom is -0.389 e. The molecule has 9 heteroatoms. The molecule has 0 aromatic heterocycles. The van der Waals surface area contributed by atoms with Crippen molar-refractivity contribution in [3.8, 4) is 0 Å². The van der Waals surface area contributed by atoms with E-state index in [0.717, 1.165) is 0 Å². The minimum absolute atomic E-state index is 0.0194. The smallest absolute Gasteiger partial charge is 0.235 e. The molecule has 0 saturated carbocycles. The molecule has 0 aliphatic heterocycles. The van der Waals surface area contributed by atoms with E-state index in [-0.39, 0.29) is 24.6 Å². The number of hydroxylamine groups is 1. The Bertz CT molecular complexity index is 210. The fraction of sp³-hybridized carbons (Fsp3) is 1.00. The topological polar surface area (TPSA) is 130 Å². The van der Waals surface area contributed by atoms with Crippen LogP contribution in [0.3, 0.4) is 0 Å². The van der Waals surface area contributed by atoms with Crippen LogP contribution in [0.25, 0.3) is 0 Å². The average Bonchev–Trinajstić information content (AvgIpc) is 2.11. The predicted octanol–water partition coefficient (Wildman–Crippen LogP) is -0.713. The molecule has 2 N–H and O–H groups in total. The monoisotopic (exact) mass is 209 g/mol. The van der Waals surface area contributed by atoms with Crippen molar-refractivity contribution in [2.24, 2.45) is 0 Å². The molecule has 0 heterocycles. The van der Waals surface area contributed by atoms with Gasteiger partial charge in [-0.25, -0.2) is 15.3 Å². The number of hydrazine groups is 1. The van der Waals surface area contributed by atoms with Crippen molar-refractivity contribution in [2.75, 3.05) is 13.2 Å². The highest BCUT2D eigenvalue weighted by Gasteiger charge is 2.19. The summed E-state index contributed by atoms with van der Waals surface area (Å²) in [6.45, 7) is -0.922. The van der Waals surface area contributed by atoms with Crippen molar-refractivity contribution in [2.45, 2.75) is 18.9 Å². The summed E-state index contributed by atoms with van der Waals surface area (Å²) in [5.41, 5.74) is 0. The molecule has 0 saturated heterocycles. The van der Waals surface area contributed by atoms with E-state index >= 15 is 0 Å². The molecular weight excluding hydrogens is 198 g/mol. The summed E-state index contributed by atoms with van der Waals surface area (Å²) in [5.74, 6) is 0. The van der Waals surface area contributed by atoms with Gasteiger partial charge in [-0.05, 0) is 6.42 Å². The fourth-order valence-corrected chi connectivity index (χ4v) is 0.813. The second-order valence-corrected chi connectivity index (χ2v) is 2.60. The highest BCUT2D eigenvalue weighted by molar-refractivity contribution is 4.54. The Morgan fingerprint density at radius 2 is 1.93 bits per heavy atom. The number of hydrogen-bond donors (Lipinski definition) is 2. The molecule has 0 bridgehead atoms. The zero-order valence-electron chi connectivity index (χ0n) is 7.27. The maximum absolute atomic E-state index is 10.2. The van der Waals surface area contributed by atoms with Crippen molar-refractivity contribution in [3.63, 3.8) is 0 Å². The molecule has 0 rings (SSSR count). The predicted molar refractivity (Wildman–Crippen MR) is 42.6 cm³/mol. The Morgan fingerprint density at radius 3 is 2.29 bits per heavy atom. The number of rotatable bonds is 7. The zero-order valence-corrected chi connectivity index (χ0v) is 7.27. The fourth-order valence-electron chi connectivity index (χ4n) is 0.813. The Morgan fingerprint density at radius 1 is 1.36 bits per heavy atom. The SMILES string of the molecule is O=[N+]([O-])C(CO)CCCN(O)[N+](=O)[O-]. The summed E-state index contributed by atoms with van der Waals surface area (Å²) in [4.78, 5) is 19.4. The first kappa shape index (κ1) is 12.5. The molecule has 1 unspecified atom stereocenters. The summed E-state index contributed by atoms with van der Waals surface area (Å²) in [6.07, 6.45) is 0.0398. The lowest BCUT2D eigenvalue weighted by molar-refractivity contribution is -0.728. The Labute approximate surface area is 78.8 Å². The van der Waals surface area contributed by atoms with Gasteiger partial charge < -0.3 is 5.11 Å². The van der Waals surface area contributed by atoms with Gasteiger partial charge in [-0.2, -0.15) is 0 Å². The second-order valence-electron chi connectivity index (χ2n) is 2.60. The van der Waals surface area contributed by atoms with Crippen molar-refractivity contribution in [3.05, 3.63) is 20.2 Å². The molecule has 0 fully saturated rings. The van der Waals surface area contributed by atoms with E-state index < -0.39 is 22.6 Å². The number of nitro groups is 2. The van der Waals surface area contributed by atoms with Gasteiger partial charge in [0.2, 0.25) is 6.04 Å². The van der Waals surface area contributed by atoms with Crippen LogP contribution in [0.4, 0.5) is 0 Å². The molecule has 82 valence electrons. The van der Waals surface area contributed by atoms with Crippen LogP contribution in [-0.2, 0) is 0 Å². The summed E-state index contributed by atoms with van der Waals surface area (Å²) in [5, 5.41) is 36.0. The van der Waals surface area contributed by atoms with Gasteiger partial charge in [0.15, 0.2) is 5.03 Å². The average molecular weight is 209 g/mol. The highest BCUT2D eigenvalue weighted by Crippen LogP contribution is 2.01. The van der Waals surface area contributed by atoms with Gasteiger partial charge in [-0.15, -0.1) is 0 Å². The molecule has 0 aliphatic rings. The summed E-state index contributed by atoms with van der Waals surface area (Å²) in [6, 6.07) is -1.13. The Kier molecular flexibility index (Phi) is 5.41. The zero-order chi connectivity index (χ0) is 11.1. The molecular formula is C5H11N3O6. The van der Waals surface area contributed by atoms with Gasteiger partial charge in [-0.1, -0.05) is 0 Å². The van der Waals surface area contributed by atoms with Gasteiger partial charge in [0, 0.05) is 16.5 Å². The quantitative estimate of drug-likeness (QED) is 0.418. The van der Waals surface area contributed by atoms with Gasteiger partial charge in [0.05, 0.1) is 0 Å². The van der Waals surface area contributed by atoms with Gasteiger partial charge in [-0.3, -0.25) is 10.1 Å². The minimum atomic E-state index is -1.13. The lowest BCUT2D eigenvalue weighted by atomic mass is 10.2. The van der Waals surface area contributed by atoms with Gasteiger partial charge in [0.1, 0.15) is 13.2 Å². The van der Waals surface area contributed by atoms with Crippen LogP contribution < -0.4 is 0 Å². The van der Waals surface area contributed by atoms with Crippen LogP contribution in [0.2, 0.25) is 0 Å². The van der Waals surface area contributed by atoms with Crippen LogP contribution in [0, 0.1) is 20.2 Å². The van der Waals surface area contributed by atoms with Gasteiger partial charge >= 0.3 is 0 Å². The molecule has 0 aromatic carbocycles. The van der Waals surface area contributed by atoms with Crippen molar-refractivity contribution in [1.29, 1.82) is 0 Å². The number of aliphatic hydroxyl groups excluding tert-OH is 1. The lowest BCUT2D eigenvalue weighted by Crippen LogP contribution is -2.29. The van der Waals surface area contributed by atoms with Crippen LogP contribution >= 0.6 is 0 Å². The van der Waals surface area contributed by atoms with Crippen LogP contribution in [0.15, 0.2) is 0 Å². The van der Waals surface area contributed by atoms with Crippen LogP contribution in [0.1, 0.15) is 12.8 Å². The number of hydrogen-bond acceptors (Lipinski definition) is 6. The summed E-state index contributed by atoms with van der Waals surface area (Å²) < 4.78 is 0.